The number of benzene rings is 2. The van der Waals surface area contributed by atoms with Crippen molar-refractivity contribution in [2.75, 3.05) is 31.5 Å². The first kappa shape index (κ1) is 52.4. The van der Waals surface area contributed by atoms with E-state index >= 15 is 0 Å². The molecule has 1 aliphatic carbocycles. The van der Waals surface area contributed by atoms with Gasteiger partial charge in [0, 0.05) is 73.7 Å². The number of hydrogen-bond acceptors (Lipinski definition) is 15. The third-order valence-electron chi connectivity index (χ3n) is 15.1. The fraction of sp³-hybridized carbons (Fsp3) is 0.611. The van der Waals surface area contributed by atoms with Crippen LogP contribution in [0.2, 0.25) is 0 Å². The maximum atomic E-state index is 14.8. The Hall–Kier alpha value is -5.45. The number of anilines is 1. The van der Waals surface area contributed by atoms with Gasteiger partial charge in [-0.05, 0) is 68.8 Å². The molecule has 6 aliphatic rings. The quantitative estimate of drug-likeness (QED) is 0.0673. The molecule has 2 fully saturated rings. The number of Topliss-reactive ketones (excluding diaryl/α,β-unsaturated/α-hetero) is 1. The van der Waals surface area contributed by atoms with Gasteiger partial charge in [-0.3, -0.25) is 24.4 Å². The zero-order chi connectivity index (χ0) is 50.8. The number of aromatic hydroxyl groups is 2. The lowest BCUT2D eigenvalue weighted by Crippen LogP contribution is -2.43. The molecule has 5 aliphatic heterocycles. The van der Waals surface area contributed by atoms with E-state index in [9.17, 15) is 29.7 Å². The highest BCUT2D eigenvalue weighted by Gasteiger charge is 2.50. The SMILES string of the molecule is C/C1=C/C=C/C(C)C[C@@H](C)C(O)[C@@H](C)C(OC(=O)CN(N)/C=C(\N)CC2CCCCC2)[C@H](C)C/C=C/OC2(C)Oc3c(C)c(O)c4c(O)c(c5c(c4c3C2=O)=NC2(CCN(CC(C)C)CC2)N=5)NC1=O. The molecule has 2 aromatic rings. The van der Waals surface area contributed by atoms with E-state index in [2.05, 4.69) is 24.1 Å². The van der Waals surface area contributed by atoms with Gasteiger partial charge >= 0.3 is 11.8 Å². The fourth-order valence-corrected chi connectivity index (χ4v) is 11.2. The number of likely N-dealkylation sites (tertiary alicyclic amines) is 1. The summed E-state index contributed by atoms with van der Waals surface area (Å²) in [7, 11) is 0. The third-order valence-corrected chi connectivity index (χ3v) is 15.1. The predicted molar refractivity (Wildman–Crippen MR) is 269 cm³/mol. The Kier molecular flexibility index (Phi) is 16.1. The molecular weight excluding hydrogens is 891 g/mol. The molecule has 70 heavy (non-hydrogen) atoms. The first-order valence-corrected chi connectivity index (χ1v) is 25.5. The van der Waals surface area contributed by atoms with Crippen LogP contribution >= 0.6 is 0 Å². The standard InChI is InChI=1S/C54H77N7O9/c1-30(2)27-60-22-20-54(21-23-60)58-43-40-41-47(64)36(8)50-42(40)51(66)53(9,70-50)68-24-14-17-32(4)49(69-39(62)29-61(56)28-38(55)26-37-18-11-10-12-19-37)35(7)46(63)34(6)25-31(3)15-13-16-33(5)52(67)57-45(48(41)65)44(43)59-54/h13-16,24,28,30-32,34-35,37,46,49,63-65H,10-12,17-23,25-27,29,55-56H2,1-9H3,(H,57,67)/b15-13+,24-14+,33-16-,38-28-/t31?,32-,34-,35-,46?,49?,53?/m1/s1. The van der Waals surface area contributed by atoms with Crippen LogP contribution < -0.4 is 32.3 Å². The van der Waals surface area contributed by atoms with Gasteiger partial charge < -0.3 is 50.5 Å². The van der Waals surface area contributed by atoms with Crippen molar-refractivity contribution in [2.24, 2.45) is 57.1 Å². The molecule has 1 spiro atoms. The van der Waals surface area contributed by atoms with Gasteiger partial charge in [-0.2, -0.15) is 0 Å². The first-order chi connectivity index (χ1) is 33.1. The molecule has 5 heterocycles. The number of nitrogens with one attached hydrogen (secondary N) is 1. The summed E-state index contributed by atoms with van der Waals surface area (Å²) >= 11 is 0. The van der Waals surface area contributed by atoms with E-state index in [-0.39, 0.29) is 74.1 Å². The Bertz CT molecular complexity index is 2570. The van der Waals surface area contributed by atoms with Crippen LogP contribution in [0.15, 0.2) is 58.0 Å². The summed E-state index contributed by atoms with van der Waals surface area (Å²) in [5.41, 5.74) is 6.61. The fourth-order valence-electron chi connectivity index (χ4n) is 11.2. The van der Waals surface area contributed by atoms with Crippen molar-refractivity contribution in [3.63, 3.8) is 0 Å². The molecule has 16 heteroatoms. The van der Waals surface area contributed by atoms with Crippen LogP contribution in [-0.4, -0.2) is 92.7 Å². The number of aliphatic hydroxyl groups excluding tert-OH is 1. The van der Waals surface area contributed by atoms with E-state index in [1.165, 1.54) is 37.5 Å². The molecule has 382 valence electrons. The number of phenols is 2. The van der Waals surface area contributed by atoms with E-state index < -0.39 is 53.0 Å². The number of piperidine rings is 1. The van der Waals surface area contributed by atoms with E-state index in [0.717, 1.165) is 32.5 Å². The second kappa shape index (κ2) is 21.5. The van der Waals surface area contributed by atoms with Crippen molar-refractivity contribution in [1.29, 1.82) is 0 Å². The van der Waals surface area contributed by atoms with E-state index in [1.54, 1.807) is 38.3 Å². The first-order valence-electron chi connectivity index (χ1n) is 25.5. The van der Waals surface area contributed by atoms with Crippen molar-refractivity contribution in [1.82, 2.24) is 9.91 Å². The maximum absolute atomic E-state index is 14.8. The number of rotatable bonds is 8. The number of ether oxygens (including phenoxy) is 3. The van der Waals surface area contributed by atoms with Gasteiger partial charge in [0.25, 0.3) is 11.7 Å². The molecule has 4 unspecified atom stereocenters. The van der Waals surface area contributed by atoms with E-state index in [1.807, 2.05) is 33.8 Å². The molecule has 7 atom stereocenters. The summed E-state index contributed by atoms with van der Waals surface area (Å²) in [5, 5.41) is 40.7. The van der Waals surface area contributed by atoms with E-state index in [4.69, 9.17) is 35.8 Å². The highest BCUT2D eigenvalue weighted by molar-refractivity contribution is 6.19. The Balaban J connectivity index is 1.24. The van der Waals surface area contributed by atoms with Gasteiger partial charge in [-0.15, -0.1) is 0 Å². The summed E-state index contributed by atoms with van der Waals surface area (Å²) in [6.07, 6.45) is 17.1. The largest absolute Gasteiger partial charge is 0.507 e. The summed E-state index contributed by atoms with van der Waals surface area (Å²) in [4.78, 5) is 55.2. The topological polar surface area (TPSA) is 235 Å². The number of hydrazine groups is 1. The lowest BCUT2D eigenvalue weighted by atomic mass is 9.80. The van der Waals surface area contributed by atoms with Gasteiger partial charge in [0.2, 0.25) is 0 Å². The lowest BCUT2D eigenvalue weighted by Gasteiger charge is -2.36. The summed E-state index contributed by atoms with van der Waals surface area (Å²) in [6.45, 7) is 19.0. The van der Waals surface area contributed by atoms with Crippen molar-refractivity contribution in [2.45, 2.75) is 150 Å². The molecule has 8 rings (SSSR count). The molecule has 1 saturated carbocycles. The minimum atomic E-state index is -1.90. The molecule has 1 saturated heterocycles. The second-order valence-electron chi connectivity index (χ2n) is 21.6. The highest BCUT2D eigenvalue weighted by atomic mass is 16.7. The number of aliphatic hydroxyl groups is 1. The average molecular weight is 968 g/mol. The second-order valence-corrected chi connectivity index (χ2v) is 21.6. The zero-order valence-electron chi connectivity index (χ0n) is 42.7. The minimum Gasteiger partial charge on any atom is -0.507 e. The Labute approximate surface area is 412 Å². The number of ketones is 1. The van der Waals surface area contributed by atoms with Gasteiger partial charge in [-0.1, -0.05) is 91.9 Å². The number of hydrogen-bond donors (Lipinski definition) is 6. The van der Waals surface area contributed by atoms with Crippen LogP contribution in [0.1, 0.15) is 136 Å². The van der Waals surface area contributed by atoms with Crippen molar-refractivity contribution < 1.29 is 43.9 Å². The Morgan fingerprint density at radius 1 is 1.03 bits per heavy atom. The van der Waals surface area contributed by atoms with Crippen molar-refractivity contribution >= 4 is 34.1 Å². The monoisotopic (exact) mass is 968 g/mol. The lowest BCUT2D eigenvalue weighted by molar-refractivity contribution is -0.159. The normalized spacial score (nSPS) is 29.7. The van der Waals surface area contributed by atoms with Crippen LogP contribution in [0.5, 0.6) is 17.2 Å². The summed E-state index contributed by atoms with van der Waals surface area (Å²) in [6, 6.07) is 0. The summed E-state index contributed by atoms with van der Waals surface area (Å²) < 4.78 is 18.7. The van der Waals surface area contributed by atoms with Crippen LogP contribution in [0.3, 0.4) is 0 Å². The van der Waals surface area contributed by atoms with Crippen molar-refractivity contribution in [3.05, 3.63) is 69.9 Å². The molecule has 16 nitrogen and oxygen atoms in total. The van der Waals surface area contributed by atoms with Crippen LogP contribution in [-0.2, 0) is 19.1 Å². The van der Waals surface area contributed by atoms with Crippen LogP contribution in [0.4, 0.5) is 5.69 Å². The molecule has 0 radical (unpaired) electrons. The number of fused-ring (bicyclic) bond motifs is 13. The summed E-state index contributed by atoms with van der Waals surface area (Å²) in [5.74, 6) is 1.90. The van der Waals surface area contributed by atoms with Gasteiger partial charge in [-0.25, -0.2) is 5.84 Å². The Morgan fingerprint density at radius 3 is 2.40 bits per heavy atom. The van der Waals surface area contributed by atoms with Gasteiger partial charge in [0.15, 0.2) is 11.4 Å². The molecule has 1 amide bonds. The molecule has 0 aromatic heterocycles. The molecule has 8 N–H and O–H groups in total. The van der Waals surface area contributed by atoms with Crippen molar-refractivity contribution in [3.8, 4) is 17.2 Å². The predicted octanol–water partition coefficient (Wildman–Crippen LogP) is 7.08. The number of nitrogens with zero attached hydrogens (tertiary/aromatic N) is 4. The van der Waals surface area contributed by atoms with E-state index in [0.29, 0.717) is 55.2 Å². The van der Waals surface area contributed by atoms with Gasteiger partial charge in [0.05, 0.1) is 28.7 Å². The average Bonchev–Trinajstić information content (AvgIpc) is 3.80. The number of nitrogens with two attached hydrogens (primary N) is 2. The highest BCUT2D eigenvalue weighted by Crippen LogP contribution is 2.50. The number of esters is 1. The van der Waals surface area contributed by atoms with Crippen LogP contribution in [0.25, 0.3) is 10.8 Å². The Morgan fingerprint density at radius 2 is 1.71 bits per heavy atom. The zero-order valence-corrected chi connectivity index (χ0v) is 42.7. The number of allylic oxidation sites excluding steroid dienone is 5. The number of phenolic OH excluding ortho intramolecular Hbond substituents is 2. The van der Waals surface area contributed by atoms with Gasteiger partial charge in [0.1, 0.15) is 35.2 Å². The number of carbonyl (C=O) groups is 3. The molecular formula is C54H77N7O9. The minimum absolute atomic E-state index is 0.0120. The van der Waals surface area contributed by atoms with Crippen LogP contribution in [0, 0.1) is 42.4 Å². The number of amides is 1. The smallest absolute Gasteiger partial charge is 0.327 e. The number of carbonyl (C=O) groups excluding carboxylic acids is 3. The molecule has 2 aromatic carbocycles. The molecule has 5 bridgehead atoms. The maximum Gasteiger partial charge on any atom is 0.327 e. The third kappa shape index (κ3) is 11.2.